The van der Waals surface area contributed by atoms with Gasteiger partial charge < -0.3 is 15.2 Å². The number of rotatable bonds is 8. The SMILES string of the molecule is CCCNC(C)(CO)CCOc1cccc2ncccc12. The predicted molar refractivity (Wildman–Crippen MR) is 85.6 cm³/mol. The van der Waals surface area contributed by atoms with Crippen LogP contribution in [-0.4, -0.2) is 35.4 Å². The van der Waals surface area contributed by atoms with Gasteiger partial charge in [0.15, 0.2) is 0 Å². The van der Waals surface area contributed by atoms with Gasteiger partial charge in [0.05, 0.1) is 18.7 Å². The molecule has 2 aromatic rings. The number of aliphatic hydroxyl groups is 1. The van der Waals surface area contributed by atoms with E-state index in [4.69, 9.17) is 4.74 Å². The van der Waals surface area contributed by atoms with Crippen molar-refractivity contribution in [3.05, 3.63) is 36.5 Å². The molecule has 0 saturated heterocycles. The summed E-state index contributed by atoms with van der Waals surface area (Å²) in [5.74, 6) is 0.844. The standard InChI is InChI=1S/C17H24N2O2/c1-3-10-19-17(2,13-20)9-12-21-16-8-4-7-15-14(16)6-5-11-18-15/h4-8,11,19-20H,3,9-10,12-13H2,1-2H3. The molecule has 0 bridgehead atoms. The molecule has 0 fully saturated rings. The van der Waals surface area contributed by atoms with E-state index in [1.807, 2.05) is 37.3 Å². The molecule has 0 radical (unpaired) electrons. The molecule has 1 atom stereocenters. The second-order valence-corrected chi connectivity index (χ2v) is 5.57. The van der Waals surface area contributed by atoms with Crippen molar-refractivity contribution in [1.29, 1.82) is 0 Å². The van der Waals surface area contributed by atoms with Gasteiger partial charge in [-0.1, -0.05) is 13.0 Å². The van der Waals surface area contributed by atoms with E-state index < -0.39 is 0 Å². The molecule has 1 aromatic heterocycles. The maximum Gasteiger partial charge on any atom is 0.128 e. The molecular weight excluding hydrogens is 264 g/mol. The van der Waals surface area contributed by atoms with Crippen molar-refractivity contribution in [2.45, 2.75) is 32.2 Å². The Labute approximate surface area is 126 Å². The number of ether oxygens (including phenoxy) is 1. The van der Waals surface area contributed by atoms with Gasteiger partial charge in [-0.15, -0.1) is 0 Å². The van der Waals surface area contributed by atoms with Crippen LogP contribution in [0.1, 0.15) is 26.7 Å². The first-order valence-corrected chi connectivity index (χ1v) is 7.51. The maximum absolute atomic E-state index is 9.55. The Morgan fingerprint density at radius 2 is 2.14 bits per heavy atom. The summed E-state index contributed by atoms with van der Waals surface area (Å²) in [5.41, 5.74) is 0.641. The van der Waals surface area contributed by atoms with Gasteiger partial charge in [-0.25, -0.2) is 0 Å². The molecule has 0 amide bonds. The fourth-order valence-electron chi connectivity index (χ4n) is 2.24. The van der Waals surface area contributed by atoms with Crippen LogP contribution in [0, 0.1) is 0 Å². The van der Waals surface area contributed by atoms with Crippen molar-refractivity contribution in [2.75, 3.05) is 19.8 Å². The average molecular weight is 288 g/mol. The minimum absolute atomic E-state index is 0.105. The van der Waals surface area contributed by atoms with Crippen molar-refractivity contribution in [1.82, 2.24) is 10.3 Å². The molecule has 0 aliphatic heterocycles. The highest BCUT2D eigenvalue weighted by atomic mass is 16.5. The summed E-state index contributed by atoms with van der Waals surface area (Å²) < 4.78 is 5.91. The van der Waals surface area contributed by atoms with Gasteiger partial charge in [-0.3, -0.25) is 4.98 Å². The lowest BCUT2D eigenvalue weighted by Gasteiger charge is -2.28. The highest BCUT2D eigenvalue weighted by molar-refractivity contribution is 5.84. The summed E-state index contributed by atoms with van der Waals surface area (Å²) in [4.78, 5) is 4.32. The third-order valence-electron chi connectivity index (χ3n) is 3.67. The molecule has 4 heteroatoms. The Balaban J connectivity index is 1.98. The summed E-state index contributed by atoms with van der Waals surface area (Å²) >= 11 is 0. The fourth-order valence-corrected chi connectivity index (χ4v) is 2.24. The molecule has 0 spiro atoms. The van der Waals surface area contributed by atoms with E-state index >= 15 is 0 Å². The number of aliphatic hydroxyl groups excluding tert-OH is 1. The van der Waals surface area contributed by atoms with Crippen molar-refractivity contribution in [3.8, 4) is 5.75 Å². The molecule has 1 unspecified atom stereocenters. The van der Waals surface area contributed by atoms with Crippen LogP contribution in [0.2, 0.25) is 0 Å². The van der Waals surface area contributed by atoms with Crippen LogP contribution in [0.5, 0.6) is 5.75 Å². The number of fused-ring (bicyclic) bond motifs is 1. The van der Waals surface area contributed by atoms with Crippen LogP contribution >= 0.6 is 0 Å². The monoisotopic (exact) mass is 288 g/mol. The molecule has 0 saturated carbocycles. The van der Waals surface area contributed by atoms with E-state index in [1.165, 1.54) is 0 Å². The van der Waals surface area contributed by atoms with E-state index in [-0.39, 0.29) is 12.1 Å². The number of aromatic nitrogens is 1. The number of nitrogens with one attached hydrogen (secondary N) is 1. The quantitative estimate of drug-likeness (QED) is 0.784. The van der Waals surface area contributed by atoms with Crippen LogP contribution in [0.3, 0.4) is 0 Å². The Morgan fingerprint density at radius 3 is 2.90 bits per heavy atom. The molecule has 114 valence electrons. The lowest BCUT2D eigenvalue weighted by molar-refractivity contribution is 0.144. The topological polar surface area (TPSA) is 54.4 Å². The minimum Gasteiger partial charge on any atom is -0.493 e. The van der Waals surface area contributed by atoms with Crippen molar-refractivity contribution < 1.29 is 9.84 Å². The minimum atomic E-state index is -0.293. The lowest BCUT2D eigenvalue weighted by Crippen LogP contribution is -2.47. The zero-order valence-electron chi connectivity index (χ0n) is 12.8. The number of pyridine rings is 1. The second kappa shape index (κ2) is 7.38. The van der Waals surface area contributed by atoms with Gasteiger partial charge in [0.2, 0.25) is 0 Å². The Kier molecular flexibility index (Phi) is 5.53. The maximum atomic E-state index is 9.55. The molecule has 2 N–H and O–H groups in total. The zero-order chi connectivity index (χ0) is 15.1. The number of nitrogens with zero attached hydrogens (tertiary/aromatic N) is 1. The third-order valence-corrected chi connectivity index (χ3v) is 3.67. The summed E-state index contributed by atoms with van der Waals surface area (Å²) in [6.45, 7) is 5.70. The van der Waals surface area contributed by atoms with E-state index in [0.29, 0.717) is 6.61 Å². The molecule has 2 rings (SSSR count). The van der Waals surface area contributed by atoms with E-state index in [9.17, 15) is 5.11 Å². The summed E-state index contributed by atoms with van der Waals surface area (Å²) in [6, 6.07) is 9.81. The molecular formula is C17H24N2O2. The Hall–Kier alpha value is -1.65. The Morgan fingerprint density at radius 1 is 1.29 bits per heavy atom. The van der Waals surface area contributed by atoms with Crippen LogP contribution in [0.25, 0.3) is 10.9 Å². The smallest absolute Gasteiger partial charge is 0.128 e. The van der Waals surface area contributed by atoms with E-state index in [2.05, 4.69) is 17.2 Å². The van der Waals surface area contributed by atoms with Crippen LogP contribution < -0.4 is 10.1 Å². The molecule has 1 aromatic carbocycles. The third kappa shape index (κ3) is 4.16. The zero-order valence-corrected chi connectivity index (χ0v) is 12.8. The molecule has 1 heterocycles. The van der Waals surface area contributed by atoms with Gasteiger partial charge in [-0.2, -0.15) is 0 Å². The van der Waals surface area contributed by atoms with Crippen molar-refractivity contribution in [3.63, 3.8) is 0 Å². The highest BCUT2D eigenvalue weighted by Gasteiger charge is 2.22. The first-order chi connectivity index (χ1) is 10.2. The van der Waals surface area contributed by atoms with Gasteiger partial charge in [0.1, 0.15) is 5.75 Å². The molecule has 21 heavy (non-hydrogen) atoms. The first kappa shape index (κ1) is 15.7. The van der Waals surface area contributed by atoms with Gasteiger partial charge in [-0.05, 0) is 44.2 Å². The van der Waals surface area contributed by atoms with Gasteiger partial charge >= 0.3 is 0 Å². The second-order valence-electron chi connectivity index (χ2n) is 5.57. The van der Waals surface area contributed by atoms with E-state index in [0.717, 1.165) is 36.0 Å². The number of benzene rings is 1. The fraction of sp³-hybridized carbons (Fsp3) is 0.471. The highest BCUT2D eigenvalue weighted by Crippen LogP contribution is 2.24. The van der Waals surface area contributed by atoms with Crippen molar-refractivity contribution in [2.24, 2.45) is 0 Å². The first-order valence-electron chi connectivity index (χ1n) is 7.51. The number of hydrogen-bond donors (Lipinski definition) is 2. The molecule has 4 nitrogen and oxygen atoms in total. The average Bonchev–Trinajstić information content (AvgIpc) is 2.53. The predicted octanol–water partition coefficient (Wildman–Crippen LogP) is 2.75. The Bertz CT molecular complexity index is 568. The summed E-state index contributed by atoms with van der Waals surface area (Å²) in [5, 5.41) is 13.9. The van der Waals surface area contributed by atoms with Crippen LogP contribution in [0.15, 0.2) is 36.5 Å². The van der Waals surface area contributed by atoms with Crippen LogP contribution in [-0.2, 0) is 0 Å². The van der Waals surface area contributed by atoms with Crippen molar-refractivity contribution >= 4 is 10.9 Å². The largest absolute Gasteiger partial charge is 0.493 e. The van der Waals surface area contributed by atoms with Crippen LogP contribution in [0.4, 0.5) is 0 Å². The lowest BCUT2D eigenvalue weighted by atomic mass is 9.99. The number of hydrogen-bond acceptors (Lipinski definition) is 4. The summed E-state index contributed by atoms with van der Waals surface area (Å²) in [7, 11) is 0. The normalized spacial score (nSPS) is 14.0. The summed E-state index contributed by atoms with van der Waals surface area (Å²) in [6.07, 6.45) is 3.58. The van der Waals surface area contributed by atoms with E-state index in [1.54, 1.807) is 6.20 Å². The molecule has 0 aliphatic rings. The van der Waals surface area contributed by atoms with Gasteiger partial charge in [0.25, 0.3) is 0 Å². The molecule has 0 aliphatic carbocycles. The van der Waals surface area contributed by atoms with Gasteiger partial charge in [0, 0.05) is 23.5 Å².